The van der Waals surface area contributed by atoms with Crippen LogP contribution in [0.4, 0.5) is 4.39 Å². The van der Waals surface area contributed by atoms with Gasteiger partial charge in [0.25, 0.3) is 0 Å². The molecule has 1 aromatic carbocycles. The molecule has 0 saturated heterocycles. The lowest BCUT2D eigenvalue weighted by Crippen LogP contribution is -2.31. The van der Waals surface area contributed by atoms with Gasteiger partial charge in [0, 0.05) is 19.2 Å². The molecule has 0 N–H and O–H groups in total. The minimum Gasteiger partial charge on any atom is -0.377 e. The Hall–Kier alpha value is -0.690. The standard InChI is InChI=1S/C13H19ClFNO3S/c1-10(2)19-7-6-16(3)20(17,18)12-4-5-13(15)11(8-12)9-14/h4-5,8,10H,6-7,9H2,1-3H3. The summed E-state index contributed by atoms with van der Waals surface area (Å²) in [5.41, 5.74) is 0.166. The molecule has 0 atom stereocenters. The van der Waals surface area contributed by atoms with E-state index in [-0.39, 0.29) is 29.0 Å². The van der Waals surface area contributed by atoms with Crippen molar-refractivity contribution >= 4 is 21.6 Å². The summed E-state index contributed by atoms with van der Waals surface area (Å²) in [6.07, 6.45) is 0.0415. The lowest BCUT2D eigenvalue weighted by atomic mass is 10.2. The minimum absolute atomic E-state index is 0.0293. The Labute approximate surface area is 124 Å². The molecule has 1 rings (SSSR count). The van der Waals surface area contributed by atoms with Crippen LogP contribution in [0.3, 0.4) is 0 Å². The molecule has 114 valence electrons. The highest BCUT2D eigenvalue weighted by Crippen LogP contribution is 2.19. The predicted molar refractivity (Wildman–Crippen MR) is 76.9 cm³/mol. The van der Waals surface area contributed by atoms with E-state index in [4.69, 9.17) is 16.3 Å². The molecule has 0 aliphatic rings. The Kier molecular flexibility index (Phi) is 6.39. The van der Waals surface area contributed by atoms with E-state index in [0.29, 0.717) is 6.61 Å². The van der Waals surface area contributed by atoms with Gasteiger partial charge in [-0.25, -0.2) is 12.8 Å². The SMILES string of the molecule is CC(C)OCCN(C)S(=O)(=O)c1ccc(F)c(CCl)c1. The summed E-state index contributed by atoms with van der Waals surface area (Å²) in [6.45, 7) is 4.29. The van der Waals surface area contributed by atoms with Crippen molar-refractivity contribution in [1.82, 2.24) is 4.31 Å². The second-order valence-corrected chi connectivity index (χ2v) is 6.95. The maximum absolute atomic E-state index is 13.3. The monoisotopic (exact) mass is 323 g/mol. The molecule has 0 saturated carbocycles. The number of hydrogen-bond donors (Lipinski definition) is 0. The highest BCUT2D eigenvalue weighted by molar-refractivity contribution is 7.89. The first-order chi connectivity index (χ1) is 9.28. The van der Waals surface area contributed by atoms with Crippen molar-refractivity contribution in [3.8, 4) is 0 Å². The Balaban J connectivity index is 2.87. The number of nitrogens with zero attached hydrogens (tertiary/aromatic N) is 1. The molecule has 0 aromatic heterocycles. The molecule has 0 amide bonds. The number of hydrogen-bond acceptors (Lipinski definition) is 3. The van der Waals surface area contributed by atoms with Gasteiger partial charge in [-0.1, -0.05) is 0 Å². The van der Waals surface area contributed by atoms with Crippen molar-refractivity contribution < 1.29 is 17.5 Å². The average molecular weight is 324 g/mol. The highest BCUT2D eigenvalue weighted by Gasteiger charge is 2.21. The van der Waals surface area contributed by atoms with Crippen molar-refractivity contribution in [2.45, 2.75) is 30.7 Å². The largest absolute Gasteiger partial charge is 0.377 e. The van der Waals surface area contributed by atoms with Gasteiger partial charge in [0.15, 0.2) is 0 Å². The third-order valence-electron chi connectivity index (χ3n) is 2.73. The van der Waals surface area contributed by atoms with Gasteiger partial charge in [0.05, 0.1) is 23.5 Å². The molecule has 0 unspecified atom stereocenters. The quantitative estimate of drug-likeness (QED) is 0.725. The van der Waals surface area contributed by atoms with Crippen molar-refractivity contribution in [3.63, 3.8) is 0 Å². The van der Waals surface area contributed by atoms with E-state index >= 15 is 0 Å². The summed E-state index contributed by atoms with van der Waals surface area (Å²) >= 11 is 5.58. The minimum atomic E-state index is -3.66. The molecule has 4 nitrogen and oxygen atoms in total. The maximum Gasteiger partial charge on any atom is 0.242 e. The molecule has 0 bridgehead atoms. The summed E-state index contributed by atoms with van der Waals surface area (Å²) in [4.78, 5) is 0.0293. The Bertz CT molecular complexity index is 549. The van der Waals surface area contributed by atoms with Crippen LogP contribution in [0, 0.1) is 5.82 Å². The van der Waals surface area contributed by atoms with Gasteiger partial charge in [-0.05, 0) is 32.0 Å². The van der Waals surface area contributed by atoms with E-state index in [1.165, 1.54) is 23.5 Å². The van der Waals surface area contributed by atoms with E-state index in [1.807, 2.05) is 13.8 Å². The fourth-order valence-corrected chi connectivity index (χ4v) is 2.94. The van der Waals surface area contributed by atoms with E-state index < -0.39 is 15.8 Å². The van der Waals surface area contributed by atoms with Crippen molar-refractivity contribution in [1.29, 1.82) is 0 Å². The zero-order chi connectivity index (χ0) is 15.3. The fourth-order valence-electron chi connectivity index (χ4n) is 1.53. The Morgan fingerprint density at radius 1 is 1.40 bits per heavy atom. The first-order valence-electron chi connectivity index (χ1n) is 6.21. The van der Waals surface area contributed by atoms with E-state index in [2.05, 4.69) is 0 Å². The van der Waals surface area contributed by atoms with Gasteiger partial charge in [0.1, 0.15) is 5.82 Å². The molecule has 0 radical (unpaired) electrons. The summed E-state index contributed by atoms with van der Waals surface area (Å²) in [5, 5.41) is 0. The third kappa shape index (κ3) is 4.41. The molecule has 20 heavy (non-hydrogen) atoms. The van der Waals surface area contributed by atoms with E-state index in [1.54, 1.807) is 0 Å². The normalized spacial score (nSPS) is 12.3. The van der Waals surface area contributed by atoms with Gasteiger partial charge in [-0.3, -0.25) is 0 Å². The number of likely N-dealkylation sites (N-methyl/N-ethyl adjacent to an activating group) is 1. The lowest BCUT2D eigenvalue weighted by molar-refractivity contribution is 0.0737. The van der Waals surface area contributed by atoms with E-state index in [9.17, 15) is 12.8 Å². The van der Waals surface area contributed by atoms with Crippen LogP contribution in [0.25, 0.3) is 0 Å². The number of halogens is 2. The fraction of sp³-hybridized carbons (Fsp3) is 0.538. The molecular weight excluding hydrogens is 305 g/mol. The molecule has 0 aliphatic heterocycles. The molecule has 1 aromatic rings. The first kappa shape index (κ1) is 17.4. The Morgan fingerprint density at radius 2 is 2.05 bits per heavy atom. The van der Waals surface area contributed by atoms with Crippen LogP contribution in [-0.2, 0) is 20.6 Å². The summed E-state index contributed by atoms with van der Waals surface area (Å²) in [7, 11) is -2.20. The molecule has 7 heteroatoms. The van der Waals surface area contributed by atoms with Crippen LogP contribution in [0.2, 0.25) is 0 Å². The van der Waals surface area contributed by atoms with Crippen molar-refractivity contribution in [2.75, 3.05) is 20.2 Å². The molecular formula is C13H19ClFNO3S. The zero-order valence-electron chi connectivity index (χ0n) is 11.8. The van der Waals surface area contributed by atoms with Gasteiger partial charge >= 0.3 is 0 Å². The number of alkyl halides is 1. The van der Waals surface area contributed by atoms with Gasteiger partial charge in [-0.2, -0.15) is 4.31 Å². The summed E-state index contributed by atoms with van der Waals surface area (Å²) in [5.74, 6) is -0.584. The Morgan fingerprint density at radius 3 is 2.60 bits per heavy atom. The van der Waals surface area contributed by atoms with Crippen LogP contribution in [-0.4, -0.2) is 39.0 Å². The molecule has 0 spiro atoms. The highest BCUT2D eigenvalue weighted by atomic mass is 35.5. The average Bonchev–Trinajstić information content (AvgIpc) is 2.38. The van der Waals surface area contributed by atoms with Gasteiger partial charge < -0.3 is 4.74 Å². The lowest BCUT2D eigenvalue weighted by Gasteiger charge is -2.18. The number of sulfonamides is 1. The number of benzene rings is 1. The smallest absolute Gasteiger partial charge is 0.242 e. The summed E-state index contributed by atoms with van der Waals surface area (Å²) in [6, 6.07) is 3.61. The second kappa shape index (κ2) is 7.36. The molecule has 0 fully saturated rings. The zero-order valence-corrected chi connectivity index (χ0v) is 13.3. The van der Waals surface area contributed by atoms with Crippen LogP contribution < -0.4 is 0 Å². The van der Waals surface area contributed by atoms with Gasteiger partial charge in [-0.15, -0.1) is 11.6 Å². The topological polar surface area (TPSA) is 46.6 Å². The van der Waals surface area contributed by atoms with Crippen LogP contribution in [0.5, 0.6) is 0 Å². The van der Waals surface area contributed by atoms with Crippen LogP contribution >= 0.6 is 11.6 Å². The van der Waals surface area contributed by atoms with Gasteiger partial charge in [0.2, 0.25) is 10.0 Å². The molecule has 0 heterocycles. The van der Waals surface area contributed by atoms with E-state index in [0.717, 1.165) is 6.07 Å². The molecule has 0 aliphatic carbocycles. The second-order valence-electron chi connectivity index (χ2n) is 4.63. The van der Waals surface area contributed by atoms with Crippen molar-refractivity contribution in [3.05, 3.63) is 29.6 Å². The number of ether oxygens (including phenoxy) is 1. The number of rotatable bonds is 7. The van der Waals surface area contributed by atoms with Crippen molar-refractivity contribution in [2.24, 2.45) is 0 Å². The van der Waals surface area contributed by atoms with Crippen LogP contribution in [0.15, 0.2) is 23.1 Å². The predicted octanol–water partition coefficient (Wildman–Crippen LogP) is 2.61. The summed E-state index contributed by atoms with van der Waals surface area (Å²) < 4.78 is 44.4. The third-order valence-corrected chi connectivity index (χ3v) is 4.87. The maximum atomic E-state index is 13.3. The van der Waals surface area contributed by atoms with Crippen LogP contribution in [0.1, 0.15) is 19.4 Å². The first-order valence-corrected chi connectivity index (χ1v) is 8.18.